The van der Waals surface area contributed by atoms with Gasteiger partial charge in [-0.05, 0) is 32.0 Å². The average Bonchev–Trinajstić information content (AvgIpc) is 2.94. The number of hydrogen-bond donors (Lipinski definition) is 2. The Hall–Kier alpha value is -0.370. The molecule has 0 aliphatic carbocycles. The average molecular weight is 353 g/mol. The Bertz CT molecular complexity index is 602. The first-order valence-electron chi connectivity index (χ1n) is 6.68. The summed E-state index contributed by atoms with van der Waals surface area (Å²) in [4.78, 5) is 0.0387. The van der Waals surface area contributed by atoms with Gasteiger partial charge in [0.2, 0.25) is 10.0 Å². The van der Waals surface area contributed by atoms with E-state index < -0.39 is 10.0 Å². The second-order valence-corrected chi connectivity index (χ2v) is 7.38. The number of hydrogen-bond acceptors (Lipinski definition) is 4. The first-order valence-corrected chi connectivity index (χ1v) is 8.92. The van der Waals surface area contributed by atoms with E-state index in [1.54, 1.807) is 13.1 Å². The third-order valence-corrected chi connectivity index (χ3v) is 5.68. The van der Waals surface area contributed by atoms with E-state index in [0.29, 0.717) is 23.7 Å². The lowest BCUT2D eigenvalue weighted by Gasteiger charge is -2.14. The van der Waals surface area contributed by atoms with E-state index in [-0.39, 0.29) is 22.6 Å². The standard InChI is InChI=1S/C13H18Cl2N2O3S/c1-16-8-10-11(14)4-5-12(13(10)15)21(18,19)17-7-9-3-2-6-20-9/h4-5,9,16-17H,2-3,6-8H2,1H3. The molecule has 0 saturated carbocycles. The molecule has 1 saturated heterocycles. The second kappa shape index (κ2) is 7.26. The molecule has 8 heteroatoms. The van der Waals surface area contributed by atoms with Crippen LogP contribution < -0.4 is 10.0 Å². The predicted molar refractivity (Wildman–Crippen MR) is 83.4 cm³/mol. The fourth-order valence-electron chi connectivity index (χ4n) is 2.21. The van der Waals surface area contributed by atoms with Gasteiger partial charge in [-0.1, -0.05) is 23.2 Å². The normalized spacial score (nSPS) is 19.1. The van der Waals surface area contributed by atoms with E-state index in [1.807, 2.05) is 0 Å². The van der Waals surface area contributed by atoms with Crippen LogP contribution in [-0.4, -0.2) is 34.7 Å². The van der Waals surface area contributed by atoms with Crippen molar-refractivity contribution in [2.45, 2.75) is 30.4 Å². The fourth-order valence-corrected chi connectivity index (χ4v) is 4.18. The highest BCUT2D eigenvalue weighted by molar-refractivity contribution is 7.89. The molecule has 0 spiro atoms. The van der Waals surface area contributed by atoms with E-state index in [4.69, 9.17) is 27.9 Å². The zero-order valence-electron chi connectivity index (χ0n) is 11.7. The minimum Gasteiger partial charge on any atom is -0.377 e. The van der Waals surface area contributed by atoms with Crippen molar-refractivity contribution in [2.24, 2.45) is 0 Å². The maximum atomic E-state index is 12.4. The summed E-state index contributed by atoms with van der Waals surface area (Å²) < 4.78 is 32.7. The van der Waals surface area contributed by atoms with Crippen molar-refractivity contribution in [1.29, 1.82) is 0 Å². The summed E-state index contributed by atoms with van der Waals surface area (Å²) in [5, 5.41) is 3.50. The number of nitrogens with one attached hydrogen (secondary N) is 2. The summed E-state index contributed by atoms with van der Waals surface area (Å²) in [6.45, 7) is 1.33. The summed E-state index contributed by atoms with van der Waals surface area (Å²) in [5.41, 5.74) is 0.570. The van der Waals surface area contributed by atoms with Crippen molar-refractivity contribution in [2.75, 3.05) is 20.2 Å². The topological polar surface area (TPSA) is 67.4 Å². The first-order chi connectivity index (χ1) is 9.95. The molecule has 1 aliphatic heterocycles. The monoisotopic (exact) mass is 352 g/mol. The molecule has 0 aromatic heterocycles. The molecule has 0 radical (unpaired) electrons. The molecular weight excluding hydrogens is 335 g/mol. The fraction of sp³-hybridized carbons (Fsp3) is 0.538. The molecule has 5 nitrogen and oxygen atoms in total. The van der Waals surface area contributed by atoms with Gasteiger partial charge in [-0.2, -0.15) is 0 Å². The van der Waals surface area contributed by atoms with Crippen LogP contribution in [0.1, 0.15) is 18.4 Å². The van der Waals surface area contributed by atoms with Crippen LogP contribution in [0.3, 0.4) is 0 Å². The minimum absolute atomic E-state index is 0.0387. The van der Waals surface area contributed by atoms with Crippen LogP contribution in [0.2, 0.25) is 10.0 Å². The highest BCUT2D eigenvalue weighted by Gasteiger charge is 2.24. The van der Waals surface area contributed by atoms with E-state index in [0.717, 1.165) is 12.8 Å². The van der Waals surface area contributed by atoms with Gasteiger partial charge in [0.15, 0.2) is 0 Å². The summed E-state index contributed by atoms with van der Waals surface area (Å²) in [7, 11) is -1.94. The Balaban J connectivity index is 2.20. The van der Waals surface area contributed by atoms with Crippen molar-refractivity contribution >= 4 is 33.2 Å². The molecule has 1 atom stereocenters. The van der Waals surface area contributed by atoms with E-state index in [1.165, 1.54) is 6.07 Å². The second-order valence-electron chi connectivity index (χ2n) is 4.86. The number of rotatable bonds is 6. The zero-order chi connectivity index (χ0) is 15.5. The van der Waals surface area contributed by atoms with E-state index >= 15 is 0 Å². The highest BCUT2D eigenvalue weighted by Crippen LogP contribution is 2.31. The SMILES string of the molecule is CNCc1c(Cl)ccc(S(=O)(=O)NCC2CCCO2)c1Cl. The number of sulfonamides is 1. The largest absolute Gasteiger partial charge is 0.377 e. The van der Waals surface area contributed by atoms with Gasteiger partial charge in [0.1, 0.15) is 4.90 Å². The molecule has 1 aromatic rings. The molecule has 1 unspecified atom stereocenters. The summed E-state index contributed by atoms with van der Waals surface area (Å²) in [5.74, 6) is 0. The lowest BCUT2D eigenvalue weighted by molar-refractivity contribution is 0.114. The maximum Gasteiger partial charge on any atom is 0.242 e. The van der Waals surface area contributed by atoms with Gasteiger partial charge in [-0.3, -0.25) is 0 Å². The Morgan fingerprint density at radius 3 is 2.76 bits per heavy atom. The summed E-state index contributed by atoms with van der Waals surface area (Å²) in [6.07, 6.45) is 1.75. The van der Waals surface area contributed by atoms with Crippen LogP contribution in [-0.2, 0) is 21.3 Å². The van der Waals surface area contributed by atoms with Crippen molar-refractivity contribution in [3.8, 4) is 0 Å². The number of halogens is 2. The highest BCUT2D eigenvalue weighted by atomic mass is 35.5. The van der Waals surface area contributed by atoms with Crippen molar-refractivity contribution in [1.82, 2.24) is 10.0 Å². The number of benzene rings is 1. The van der Waals surface area contributed by atoms with Crippen molar-refractivity contribution < 1.29 is 13.2 Å². The van der Waals surface area contributed by atoms with Gasteiger partial charge in [-0.25, -0.2) is 13.1 Å². The Labute approximate surface area is 135 Å². The van der Waals surface area contributed by atoms with Crippen LogP contribution in [0, 0.1) is 0 Å². The molecular formula is C13H18Cl2N2O3S. The first kappa shape index (κ1) is 17.0. The van der Waals surface area contributed by atoms with Gasteiger partial charge < -0.3 is 10.1 Å². The molecule has 0 amide bonds. The lowest BCUT2D eigenvalue weighted by atomic mass is 10.2. The molecule has 1 fully saturated rings. The van der Waals surface area contributed by atoms with Crippen LogP contribution in [0.15, 0.2) is 17.0 Å². The quantitative estimate of drug-likeness (QED) is 0.823. The molecule has 1 aliphatic rings. The molecule has 118 valence electrons. The van der Waals surface area contributed by atoms with E-state index in [9.17, 15) is 8.42 Å². The van der Waals surface area contributed by atoms with Crippen LogP contribution >= 0.6 is 23.2 Å². The molecule has 1 aromatic carbocycles. The van der Waals surface area contributed by atoms with Crippen LogP contribution in [0.4, 0.5) is 0 Å². The third-order valence-electron chi connectivity index (χ3n) is 3.32. The van der Waals surface area contributed by atoms with Crippen LogP contribution in [0.25, 0.3) is 0 Å². The van der Waals surface area contributed by atoms with Crippen molar-refractivity contribution in [3.63, 3.8) is 0 Å². The smallest absolute Gasteiger partial charge is 0.242 e. The summed E-state index contributed by atoms with van der Waals surface area (Å²) >= 11 is 12.2. The molecule has 2 rings (SSSR count). The Kier molecular flexibility index (Phi) is 5.88. The maximum absolute atomic E-state index is 12.4. The number of ether oxygens (including phenoxy) is 1. The summed E-state index contributed by atoms with van der Waals surface area (Å²) in [6, 6.07) is 2.96. The van der Waals surface area contributed by atoms with Gasteiger partial charge in [0.25, 0.3) is 0 Å². The molecule has 1 heterocycles. The third kappa shape index (κ3) is 4.09. The molecule has 2 N–H and O–H groups in total. The lowest BCUT2D eigenvalue weighted by Crippen LogP contribution is -2.32. The molecule has 21 heavy (non-hydrogen) atoms. The molecule has 0 bridgehead atoms. The van der Waals surface area contributed by atoms with Crippen molar-refractivity contribution in [3.05, 3.63) is 27.7 Å². The van der Waals surface area contributed by atoms with Gasteiger partial charge in [-0.15, -0.1) is 0 Å². The van der Waals surface area contributed by atoms with Gasteiger partial charge >= 0.3 is 0 Å². The van der Waals surface area contributed by atoms with Gasteiger partial charge in [0.05, 0.1) is 11.1 Å². The Morgan fingerprint density at radius 2 is 2.14 bits per heavy atom. The van der Waals surface area contributed by atoms with Gasteiger partial charge in [0, 0.05) is 30.3 Å². The zero-order valence-corrected chi connectivity index (χ0v) is 14.0. The Morgan fingerprint density at radius 1 is 1.38 bits per heavy atom. The minimum atomic E-state index is -3.68. The van der Waals surface area contributed by atoms with E-state index in [2.05, 4.69) is 10.0 Å². The van der Waals surface area contributed by atoms with Crippen LogP contribution in [0.5, 0.6) is 0 Å². The predicted octanol–water partition coefficient (Wildman–Crippen LogP) is 2.17.